The van der Waals surface area contributed by atoms with Gasteiger partial charge in [-0.3, -0.25) is 9.69 Å². The van der Waals surface area contributed by atoms with Crippen LogP contribution in [0.5, 0.6) is 11.5 Å². The number of aryl methyl sites for hydroxylation is 1. The molecule has 0 radical (unpaired) electrons. The fraction of sp³-hybridized carbons (Fsp3) is 0.458. The van der Waals surface area contributed by atoms with Crippen molar-refractivity contribution >= 4 is 16.0 Å². The van der Waals surface area contributed by atoms with E-state index in [1.54, 1.807) is 51.5 Å². The number of nitrogens with zero attached hydrogens (tertiary/aromatic N) is 2. The first-order valence-electron chi connectivity index (χ1n) is 10.9. The quantitative estimate of drug-likeness (QED) is 0.515. The Hall–Kier alpha value is -2.62. The van der Waals surface area contributed by atoms with E-state index in [1.165, 1.54) is 4.31 Å². The molecule has 2 aromatic carbocycles. The lowest BCUT2D eigenvalue weighted by Gasteiger charge is -2.40. The van der Waals surface area contributed by atoms with Crippen molar-refractivity contribution in [2.75, 3.05) is 40.5 Å². The molecule has 33 heavy (non-hydrogen) atoms. The van der Waals surface area contributed by atoms with Crippen LogP contribution >= 0.6 is 0 Å². The third-order valence-electron chi connectivity index (χ3n) is 5.73. The number of benzene rings is 2. The average molecular weight is 477 g/mol. The molecule has 1 aliphatic rings. The lowest BCUT2D eigenvalue weighted by molar-refractivity contribution is -0.145. The van der Waals surface area contributed by atoms with Gasteiger partial charge in [0, 0.05) is 38.3 Å². The highest BCUT2D eigenvalue weighted by atomic mass is 32.2. The van der Waals surface area contributed by atoms with Crippen LogP contribution in [0, 0.1) is 6.92 Å². The number of rotatable bonds is 9. The van der Waals surface area contributed by atoms with Crippen molar-refractivity contribution in [3.8, 4) is 11.5 Å². The number of carbonyl (C=O) groups excluding carboxylic acids is 1. The number of esters is 1. The van der Waals surface area contributed by atoms with Crippen molar-refractivity contribution in [3.63, 3.8) is 0 Å². The lowest BCUT2D eigenvalue weighted by Crippen LogP contribution is -2.54. The highest BCUT2D eigenvalue weighted by Crippen LogP contribution is 2.27. The number of sulfonamides is 1. The van der Waals surface area contributed by atoms with Gasteiger partial charge in [0.2, 0.25) is 10.0 Å². The Labute approximate surface area is 196 Å². The van der Waals surface area contributed by atoms with Crippen molar-refractivity contribution < 1.29 is 27.4 Å². The molecular weight excluding hydrogens is 444 g/mol. The highest BCUT2D eigenvalue weighted by molar-refractivity contribution is 7.89. The summed E-state index contributed by atoms with van der Waals surface area (Å²) in [7, 11) is -0.475. The Morgan fingerprint density at radius 2 is 1.67 bits per heavy atom. The van der Waals surface area contributed by atoms with E-state index in [1.807, 2.05) is 19.1 Å². The molecule has 1 aliphatic heterocycles. The van der Waals surface area contributed by atoms with Gasteiger partial charge in [-0.2, -0.15) is 4.31 Å². The minimum atomic E-state index is -3.66. The van der Waals surface area contributed by atoms with Crippen LogP contribution in [-0.2, 0) is 26.1 Å². The van der Waals surface area contributed by atoms with Crippen LogP contribution in [0.1, 0.15) is 24.5 Å². The van der Waals surface area contributed by atoms with Gasteiger partial charge in [0.15, 0.2) is 0 Å². The summed E-state index contributed by atoms with van der Waals surface area (Å²) in [5.74, 6) is 1.00. The molecule has 1 atom stereocenters. The van der Waals surface area contributed by atoms with E-state index in [4.69, 9.17) is 14.2 Å². The Balaban J connectivity index is 1.83. The molecular formula is C24H32N2O6S. The van der Waals surface area contributed by atoms with Gasteiger partial charge in [0.1, 0.15) is 11.5 Å². The number of methoxy groups -OCH3 is 2. The standard InChI is InChI=1S/C24H32N2O6S/c1-5-32-24(27)14-20-17-26(33(28,29)23-8-6-18(2)7-9-23)11-10-25(20)16-19-12-21(30-3)15-22(13-19)31-4/h6-9,12-13,15,20H,5,10-11,14,16-17H2,1-4H3. The zero-order chi connectivity index (χ0) is 24.0. The summed E-state index contributed by atoms with van der Waals surface area (Å²) >= 11 is 0. The topological polar surface area (TPSA) is 85.4 Å². The molecule has 1 heterocycles. The number of carbonyl (C=O) groups is 1. The SMILES string of the molecule is CCOC(=O)CC1CN(S(=O)(=O)c2ccc(C)cc2)CCN1Cc1cc(OC)cc(OC)c1. The van der Waals surface area contributed by atoms with E-state index >= 15 is 0 Å². The zero-order valence-electron chi connectivity index (χ0n) is 19.6. The molecule has 0 saturated carbocycles. The second-order valence-electron chi connectivity index (χ2n) is 8.03. The summed E-state index contributed by atoms with van der Waals surface area (Å²) in [4.78, 5) is 14.7. The van der Waals surface area contributed by atoms with E-state index < -0.39 is 10.0 Å². The molecule has 0 aliphatic carbocycles. The molecule has 1 fully saturated rings. The molecule has 3 rings (SSSR count). The monoisotopic (exact) mass is 476 g/mol. The highest BCUT2D eigenvalue weighted by Gasteiger charge is 2.35. The summed E-state index contributed by atoms with van der Waals surface area (Å²) in [6.07, 6.45) is 0.106. The Morgan fingerprint density at radius 3 is 2.24 bits per heavy atom. The first-order valence-corrected chi connectivity index (χ1v) is 12.4. The molecule has 8 nitrogen and oxygen atoms in total. The minimum Gasteiger partial charge on any atom is -0.497 e. The molecule has 180 valence electrons. The largest absolute Gasteiger partial charge is 0.497 e. The molecule has 1 unspecified atom stereocenters. The first kappa shape index (κ1) is 25.0. The number of piperazine rings is 1. The summed E-state index contributed by atoms with van der Waals surface area (Å²) in [5.41, 5.74) is 1.95. The van der Waals surface area contributed by atoms with Gasteiger partial charge in [0.25, 0.3) is 0 Å². The molecule has 0 bridgehead atoms. The van der Waals surface area contributed by atoms with Gasteiger partial charge < -0.3 is 14.2 Å². The van der Waals surface area contributed by atoms with Gasteiger partial charge in [-0.15, -0.1) is 0 Å². The maximum atomic E-state index is 13.2. The van der Waals surface area contributed by atoms with Crippen LogP contribution in [-0.4, -0.2) is 70.1 Å². The number of ether oxygens (including phenoxy) is 3. The van der Waals surface area contributed by atoms with Gasteiger partial charge >= 0.3 is 5.97 Å². The van der Waals surface area contributed by atoms with Gasteiger partial charge in [-0.05, 0) is 43.7 Å². The number of hydrogen-bond donors (Lipinski definition) is 0. The summed E-state index contributed by atoms with van der Waals surface area (Å²) in [6, 6.07) is 12.1. The van der Waals surface area contributed by atoms with E-state index in [9.17, 15) is 13.2 Å². The summed E-state index contributed by atoms with van der Waals surface area (Å²) < 4.78 is 43.9. The predicted molar refractivity (Wildman–Crippen MR) is 125 cm³/mol. The Morgan fingerprint density at radius 1 is 1.03 bits per heavy atom. The maximum Gasteiger partial charge on any atom is 0.307 e. The van der Waals surface area contributed by atoms with Crippen molar-refractivity contribution in [2.45, 2.75) is 37.8 Å². The minimum absolute atomic E-state index is 0.106. The summed E-state index contributed by atoms with van der Waals surface area (Å²) in [6.45, 7) is 5.49. The lowest BCUT2D eigenvalue weighted by atomic mass is 10.1. The molecule has 2 aromatic rings. The van der Waals surface area contributed by atoms with Crippen molar-refractivity contribution in [3.05, 3.63) is 53.6 Å². The number of hydrogen-bond acceptors (Lipinski definition) is 7. The normalized spacial score (nSPS) is 17.5. The smallest absolute Gasteiger partial charge is 0.307 e. The van der Waals surface area contributed by atoms with Crippen LogP contribution < -0.4 is 9.47 Å². The molecule has 0 spiro atoms. The van der Waals surface area contributed by atoms with Crippen molar-refractivity contribution in [1.29, 1.82) is 0 Å². The second kappa shape index (κ2) is 11.0. The third-order valence-corrected chi connectivity index (χ3v) is 7.61. The van der Waals surface area contributed by atoms with Crippen LogP contribution in [0.2, 0.25) is 0 Å². The fourth-order valence-electron chi connectivity index (χ4n) is 3.95. The van der Waals surface area contributed by atoms with Crippen LogP contribution in [0.25, 0.3) is 0 Å². The van der Waals surface area contributed by atoms with Crippen LogP contribution in [0.3, 0.4) is 0 Å². The maximum absolute atomic E-state index is 13.2. The molecule has 0 amide bonds. The fourth-order valence-corrected chi connectivity index (χ4v) is 5.42. The van der Waals surface area contributed by atoms with Crippen LogP contribution in [0.15, 0.2) is 47.4 Å². The zero-order valence-corrected chi connectivity index (χ0v) is 20.4. The first-order chi connectivity index (χ1) is 15.8. The predicted octanol–water partition coefficient (Wildman–Crippen LogP) is 2.84. The second-order valence-corrected chi connectivity index (χ2v) is 9.97. The van der Waals surface area contributed by atoms with Crippen LogP contribution in [0.4, 0.5) is 0 Å². The van der Waals surface area contributed by atoms with Gasteiger partial charge in [0.05, 0.1) is 32.1 Å². The molecule has 0 N–H and O–H groups in total. The average Bonchev–Trinajstić information content (AvgIpc) is 2.80. The summed E-state index contributed by atoms with van der Waals surface area (Å²) in [5, 5.41) is 0. The van der Waals surface area contributed by atoms with E-state index in [0.717, 1.165) is 11.1 Å². The third kappa shape index (κ3) is 6.25. The van der Waals surface area contributed by atoms with Gasteiger partial charge in [-0.1, -0.05) is 17.7 Å². The van der Waals surface area contributed by atoms with E-state index in [2.05, 4.69) is 4.90 Å². The van der Waals surface area contributed by atoms with E-state index in [-0.39, 0.29) is 36.5 Å². The van der Waals surface area contributed by atoms with Gasteiger partial charge in [-0.25, -0.2) is 8.42 Å². The molecule has 9 heteroatoms. The Kier molecular flexibility index (Phi) is 8.34. The van der Waals surface area contributed by atoms with Crippen molar-refractivity contribution in [2.24, 2.45) is 0 Å². The van der Waals surface area contributed by atoms with E-state index in [0.29, 0.717) is 31.1 Å². The molecule has 0 aromatic heterocycles. The molecule has 1 saturated heterocycles. The Bertz CT molecular complexity index is 1030. The van der Waals surface area contributed by atoms with Crippen molar-refractivity contribution in [1.82, 2.24) is 9.21 Å².